The molecule has 5 rings (SSSR count). The number of nitrogens with zero attached hydrogens (tertiary/aromatic N) is 1. The Morgan fingerprint density at radius 2 is 1.88 bits per heavy atom. The fourth-order valence-electron chi connectivity index (χ4n) is 4.15. The highest BCUT2D eigenvalue weighted by atomic mass is 35.5. The van der Waals surface area contributed by atoms with Gasteiger partial charge < -0.3 is 10.1 Å². The van der Waals surface area contributed by atoms with Gasteiger partial charge in [-0.2, -0.15) is 0 Å². The predicted molar refractivity (Wildman–Crippen MR) is 135 cm³/mol. The monoisotopic (exact) mass is 495 g/mol. The predicted octanol–water partition coefficient (Wildman–Crippen LogP) is 5.28. The summed E-state index contributed by atoms with van der Waals surface area (Å²) < 4.78 is 28.7. The number of halogens is 1. The topological polar surface area (TPSA) is 95.1 Å². The molecule has 6 nitrogen and oxygen atoms in total. The van der Waals surface area contributed by atoms with E-state index in [2.05, 4.69) is 14.7 Å². The molecule has 176 valence electrons. The van der Waals surface area contributed by atoms with Gasteiger partial charge in [-0.3, -0.25) is 4.98 Å². The van der Waals surface area contributed by atoms with Gasteiger partial charge in [-0.1, -0.05) is 48.0 Å². The van der Waals surface area contributed by atoms with Crippen molar-refractivity contribution in [1.29, 1.82) is 0 Å². The minimum atomic E-state index is -3.49. The molecule has 2 heterocycles. The fourth-order valence-corrected chi connectivity index (χ4v) is 5.92. The quantitative estimate of drug-likeness (QED) is 0.325. The third-order valence-corrected chi connectivity index (χ3v) is 8.45. The highest BCUT2D eigenvalue weighted by Gasteiger charge is 2.38. The van der Waals surface area contributed by atoms with Gasteiger partial charge in [-0.05, 0) is 62.1 Å². The number of aromatic nitrogens is 2. The van der Waals surface area contributed by atoms with E-state index < -0.39 is 21.7 Å². The number of hydrogen-bond donors (Lipinski definition) is 3. The number of pyridine rings is 1. The second kappa shape index (κ2) is 8.50. The van der Waals surface area contributed by atoms with E-state index >= 15 is 0 Å². The standard InChI is InChI=1S/C26H26ClN3O3S/c1-26(2,31)17-12-13-28-22(15-17)20-8-5-6-16-14-23(29-24(16)20)25(19-7-3-4-9-21(19)27)30-34(32,33)18-10-11-18/h3-9,12-15,18,25,29-31H,10-11H2,1-2H3. The summed E-state index contributed by atoms with van der Waals surface area (Å²) in [7, 11) is -3.49. The van der Waals surface area contributed by atoms with E-state index in [1.54, 1.807) is 32.2 Å². The molecule has 2 aromatic heterocycles. The molecule has 34 heavy (non-hydrogen) atoms. The zero-order valence-electron chi connectivity index (χ0n) is 18.9. The maximum atomic E-state index is 12.9. The lowest BCUT2D eigenvalue weighted by Crippen LogP contribution is -2.32. The first-order chi connectivity index (χ1) is 16.1. The summed E-state index contributed by atoms with van der Waals surface area (Å²) in [6.07, 6.45) is 3.02. The van der Waals surface area contributed by atoms with Crippen LogP contribution in [0.4, 0.5) is 0 Å². The lowest BCUT2D eigenvalue weighted by atomic mass is 9.97. The zero-order chi connectivity index (χ0) is 24.1. The number of aliphatic hydroxyl groups is 1. The molecule has 1 aliphatic carbocycles. The van der Waals surface area contributed by atoms with E-state index in [0.717, 1.165) is 22.0 Å². The Morgan fingerprint density at radius 3 is 2.59 bits per heavy atom. The van der Waals surface area contributed by atoms with Gasteiger partial charge >= 0.3 is 0 Å². The van der Waals surface area contributed by atoms with E-state index in [1.807, 2.05) is 48.5 Å². The average molecular weight is 496 g/mol. The Hall–Kier alpha value is -2.71. The van der Waals surface area contributed by atoms with Gasteiger partial charge in [0.25, 0.3) is 0 Å². The Morgan fingerprint density at radius 1 is 1.12 bits per heavy atom. The van der Waals surface area contributed by atoms with Crippen molar-refractivity contribution in [3.63, 3.8) is 0 Å². The lowest BCUT2D eigenvalue weighted by Gasteiger charge is -2.19. The van der Waals surface area contributed by atoms with Crippen LogP contribution in [0.25, 0.3) is 22.2 Å². The number of rotatable bonds is 7. The summed E-state index contributed by atoms with van der Waals surface area (Å²) in [5.74, 6) is 0. The van der Waals surface area contributed by atoms with Gasteiger partial charge in [-0.25, -0.2) is 13.1 Å². The molecule has 0 bridgehead atoms. The minimum Gasteiger partial charge on any atom is -0.386 e. The van der Waals surface area contributed by atoms with Gasteiger partial charge in [0.1, 0.15) is 0 Å². The van der Waals surface area contributed by atoms with Crippen molar-refractivity contribution < 1.29 is 13.5 Å². The van der Waals surface area contributed by atoms with Crippen LogP contribution in [-0.2, 0) is 15.6 Å². The first-order valence-corrected chi connectivity index (χ1v) is 13.1. The average Bonchev–Trinajstić information content (AvgIpc) is 3.57. The van der Waals surface area contributed by atoms with Gasteiger partial charge in [0.05, 0.1) is 28.1 Å². The van der Waals surface area contributed by atoms with Gasteiger partial charge in [-0.15, -0.1) is 0 Å². The van der Waals surface area contributed by atoms with Crippen LogP contribution in [0.1, 0.15) is 49.6 Å². The number of para-hydroxylation sites is 1. The number of aromatic amines is 1. The number of fused-ring (bicyclic) bond motifs is 1. The van der Waals surface area contributed by atoms with Crippen LogP contribution in [0.2, 0.25) is 5.02 Å². The third kappa shape index (κ3) is 4.49. The summed E-state index contributed by atoms with van der Waals surface area (Å²) in [5.41, 5.74) is 3.54. The fraction of sp³-hybridized carbons (Fsp3) is 0.269. The molecule has 0 aliphatic heterocycles. The van der Waals surface area contributed by atoms with Gasteiger partial charge in [0.2, 0.25) is 10.0 Å². The largest absolute Gasteiger partial charge is 0.386 e. The van der Waals surface area contributed by atoms with E-state index in [4.69, 9.17) is 11.6 Å². The molecule has 1 saturated carbocycles. The van der Waals surface area contributed by atoms with Gasteiger partial charge in [0, 0.05) is 27.9 Å². The number of sulfonamides is 1. The summed E-state index contributed by atoms with van der Waals surface area (Å²) in [4.78, 5) is 7.97. The van der Waals surface area contributed by atoms with Crippen molar-refractivity contribution in [2.45, 2.75) is 43.6 Å². The first-order valence-electron chi connectivity index (χ1n) is 11.2. The van der Waals surface area contributed by atoms with Crippen LogP contribution >= 0.6 is 11.6 Å². The number of H-pyrrole nitrogens is 1. The third-order valence-electron chi connectivity index (χ3n) is 6.19. The Balaban J connectivity index is 1.63. The Labute approximate surface area is 204 Å². The van der Waals surface area contributed by atoms with Gasteiger partial charge in [0.15, 0.2) is 0 Å². The molecule has 1 fully saturated rings. The molecule has 3 N–H and O–H groups in total. The maximum Gasteiger partial charge on any atom is 0.215 e. The molecule has 8 heteroatoms. The lowest BCUT2D eigenvalue weighted by molar-refractivity contribution is 0.0785. The number of benzene rings is 2. The summed E-state index contributed by atoms with van der Waals surface area (Å²) in [6.45, 7) is 3.47. The van der Waals surface area contributed by atoms with Crippen LogP contribution in [0, 0.1) is 0 Å². The molecule has 1 unspecified atom stereocenters. The molecular weight excluding hydrogens is 470 g/mol. The SMILES string of the molecule is CC(C)(O)c1ccnc(-c2cccc3cc(C(NS(=O)(=O)C4CC4)c4ccccc4Cl)[nH]c23)c1. The highest BCUT2D eigenvalue weighted by Crippen LogP contribution is 2.36. The molecule has 0 saturated heterocycles. The van der Waals surface area contributed by atoms with E-state index in [1.165, 1.54) is 0 Å². The molecule has 0 spiro atoms. The summed E-state index contributed by atoms with van der Waals surface area (Å²) in [5, 5.41) is 11.5. The van der Waals surface area contributed by atoms with Crippen LogP contribution in [0.5, 0.6) is 0 Å². The molecule has 0 amide bonds. The number of hydrogen-bond acceptors (Lipinski definition) is 4. The zero-order valence-corrected chi connectivity index (χ0v) is 20.5. The highest BCUT2D eigenvalue weighted by molar-refractivity contribution is 7.90. The summed E-state index contributed by atoms with van der Waals surface area (Å²) in [6, 6.07) is 18.1. The van der Waals surface area contributed by atoms with E-state index in [9.17, 15) is 13.5 Å². The van der Waals surface area contributed by atoms with Crippen molar-refractivity contribution in [3.05, 3.63) is 88.7 Å². The number of nitrogens with one attached hydrogen (secondary N) is 2. The van der Waals surface area contributed by atoms with Crippen molar-refractivity contribution in [2.24, 2.45) is 0 Å². The minimum absolute atomic E-state index is 0.355. The van der Waals surface area contributed by atoms with Crippen molar-refractivity contribution in [3.8, 4) is 11.3 Å². The van der Waals surface area contributed by atoms with Crippen molar-refractivity contribution in [1.82, 2.24) is 14.7 Å². The molecule has 1 aliphatic rings. The second-order valence-corrected chi connectivity index (χ2v) is 11.7. The Kier molecular flexibility index (Phi) is 5.76. The molecule has 2 aromatic carbocycles. The summed E-state index contributed by atoms with van der Waals surface area (Å²) >= 11 is 6.50. The first kappa shape index (κ1) is 23.1. The van der Waals surface area contributed by atoms with Crippen molar-refractivity contribution >= 4 is 32.5 Å². The molecular formula is C26H26ClN3O3S. The normalized spacial score (nSPS) is 15.5. The second-order valence-electron chi connectivity index (χ2n) is 9.30. The van der Waals surface area contributed by atoms with Crippen molar-refractivity contribution in [2.75, 3.05) is 0 Å². The maximum absolute atomic E-state index is 12.9. The molecule has 1 atom stereocenters. The Bertz CT molecular complexity index is 1470. The molecule has 4 aromatic rings. The van der Waals surface area contributed by atoms with Crippen LogP contribution in [0.15, 0.2) is 66.9 Å². The van der Waals surface area contributed by atoms with Crippen LogP contribution in [0.3, 0.4) is 0 Å². The molecule has 0 radical (unpaired) electrons. The van der Waals surface area contributed by atoms with E-state index in [0.29, 0.717) is 34.8 Å². The van der Waals surface area contributed by atoms with Crippen LogP contribution in [-0.4, -0.2) is 28.7 Å². The van der Waals surface area contributed by atoms with E-state index in [-0.39, 0.29) is 5.25 Å². The smallest absolute Gasteiger partial charge is 0.215 e. The van der Waals surface area contributed by atoms with Crippen LogP contribution < -0.4 is 4.72 Å².